The van der Waals surface area contributed by atoms with Crippen LogP contribution < -0.4 is 19.5 Å². The summed E-state index contributed by atoms with van der Waals surface area (Å²) >= 11 is 1.18. The molecule has 0 fully saturated rings. The minimum absolute atomic E-state index is 0.0633. The average Bonchev–Trinajstić information content (AvgIpc) is 3.19. The van der Waals surface area contributed by atoms with Crippen LogP contribution >= 0.6 is 11.3 Å². The number of rotatable bonds is 8. The largest absolute Gasteiger partial charge is 0.497 e. The van der Waals surface area contributed by atoms with Crippen molar-refractivity contribution >= 4 is 38.1 Å². The summed E-state index contributed by atoms with van der Waals surface area (Å²) in [5.41, 5.74) is 0.451. The van der Waals surface area contributed by atoms with Crippen molar-refractivity contribution in [3.05, 3.63) is 60.1 Å². The van der Waals surface area contributed by atoms with E-state index in [4.69, 9.17) is 9.47 Å². The van der Waals surface area contributed by atoms with E-state index in [0.29, 0.717) is 17.2 Å². The Bertz CT molecular complexity index is 1040. The average molecular weight is 419 g/mol. The Balaban J connectivity index is 1.56. The molecule has 8 nitrogen and oxygen atoms in total. The molecule has 2 aromatic carbocycles. The van der Waals surface area contributed by atoms with Gasteiger partial charge in [-0.25, -0.2) is 13.4 Å². The molecule has 10 heteroatoms. The van der Waals surface area contributed by atoms with Crippen molar-refractivity contribution < 1.29 is 22.7 Å². The fourth-order valence-electron chi connectivity index (χ4n) is 2.20. The predicted molar refractivity (Wildman–Crippen MR) is 106 cm³/mol. The summed E-state index contributed by atoms with van der Waals surface area (Å²) < 4.78 is 37.5. The number of hydrogen-bond acceptors (Lipinski definition) is 7. The van der Waals surface area contributed by atoms with Gasteiger partial charge in [-0.15, -0.1) is 11.3 Å². The number of aromatic nitrogens is 1. The molecule has 1 amide bonds. The Hall–Kier alpha value is -3.11. The first-order valence-corrected chi connectivity index (χ1v) is 10.4. The summed E-state index contributed by atoms with van der Waals surface area (Å²) in [6.45, 7) is -0.196. The predicted octanol–water partition coefficient (Wildman–Crippen LogP) is 2.97. The fourth-order valence-corrected chi connectivity index (χ4v) is 3.99. The van der Waals surface area contributed by atoms with Gasteiger partial charge in [-0.05, 0) is 36.4 Å². The lowest BCUT2D eigenvalue weighted by molar-refractivity contribution is -0.118. The number of hydrogen-bond donors (Lipinski definition) is 2. The molecule has 0 radical (unpaired) electrons. The number of anilines is 2. The molecule has 0 bridgehead atoms. The molecule has 0 aliphatic carbocycles. The van der Waals surface area contributed by atoms with Crippen molar-refractivity contribution in [1.82, 2.24) is 4.98 Å². The summed E-state index contributed by atoms with van der Waals surface area (Å²) in [5.74, 6) is 0.754. The van der Waals surface area contributed by atoms with E-state index in [9.17, 15) is 13.2 Å². The first-order chi connectivity index (χ1) is 13.5. The second-order valence-corrected chi connectivity index (χ2v) is 8.06. The van der Waals surface area contributed by atoms with Crippen molar-refractivity contribution in [3.8, 4) is 11.5 Å². The second-order valence-electron chi connectivity index (χ2n) is 5.48. The summed E-state index contributed by atoms with van der Waals surface area (Å²) in [6, 6.07) is 12.7. The van der Waals surface area contributed by atoms with Crippen molar-refractivity contribution in [2.24, 2.45) is 0 Å². The lowest BCUT2D eigenvalue weighted by Gasteiger charge is -2.09. The van der Waals surface area contributed by atoms with E-state index in [1.165, 1.54) is 41.8 Å². The van der Waals surface area contributed by atoms with Crippen LogP contribution in [0.25, 0.3) is 0 Å². The third-order valence-corrected chi connectivity index (χ3v) is 5.69. The van der Waals surface area contributed by atoms with Crippen LogP contribution in [0.15, 0.2) is 65.0 Å². The highest BCUT2D eigenvalue weighted by Crippen LogP contribution is 2.20. The molecule has 1 heterocycles. The third-order valence-electron chi connectivity index (χ3n) is 3.51. The van der Waals surface area contributed by atoms with Gasteiger partial charge in [0.25, 0.3) is 15.9 Å². The highest BCUT2D eigenvalue weighted by molar-refractivity contribution is 7.93. The van der Waals surface area contributed by atoms with Crippen molar-refractivity contribution in [1.29, 1.82) is 0 Å². The summed E-state index contributed by atoms with van der Waals surface area (Å²) in [4.78, 5) is 16.0. The van der Waals surface area contributed by atoms with Gasteiger partial charge in [0.15, 0.2) is 11.7 Å². The quantitative estimate of drug-likeness (QED) is 0.581. The lowest BCUT2D eigenvalue weighted by atomic mass is 10.3. The zero-order chi connectivity index (χ0) is 20.0. The maximum absolute atomic E-state index is 12.3. The minimum Gasteiger partial charge on any atom is -0.497 e. The number of thiazole rings is 1. The number of nitrogens with one attached hydrogen (secondary N) is 2. The first-order valence-electron chi connectivity index (χ1n) is 8.05. The number of sulfonamides is 1. The molecule has 146 valence electrons. The van der Waals surface area contributed by atoms with Gasteiger partial charge in [0.1, 0.15) is 11.5 Å². The summed E-state index contributed by atoms with van der Waals surface area (Å²) in [7, 11) is -2.19. The molecule has 0 atom stereocenters. The Kier molecular flexibility index (Phi) is 6.12. The second kappa shape index (κ2) is 8.72. The molecule has 3 rings (SSSR count). The highest BCUT2D eigenvalue weighted by atomic mass is 32.2. The van der Waals surface area contributed by atoms with E-state index in [0.717, 1.165) is 0 Å². The first kappa shape index (κ1) is 19.6. The zero-order valence-electron chi connectivity index (χ0n) is 14.8. The number of carbonyl (C=O) groups excluding carboxylic acids is 1. The molecule has 0 spiro atoms. The van der Waals surface area contributed by atoms with Gasteiger partial charge in [-0.3, -0.25) is 9.52 Å². The molecule has 0 unspecified atom stereocenters. The van der Waals surface area contributed by atoms with Gasteiger partial charge >= 0.3 is 0 Å². The van der Waals surface area contributed by atoms with E-state index in [-0.39, 0.29) is 22.5 Å². The van der Waals surface area contributed by atoms with Gasteiger partial charge in [0, 0.05) is 23.3 Å². The topological polar surface area (TPSA) is 107 Å². The molecule has 28 heavy (non-hydrogen) atoms. The lowest BCUT2D eigenvalue weighted by Crippen LogP contribution is -2.20. The Morgan fingerprint density at radius 1 is 1.14 bits per heavy atom. The van der Waals surface area contributed by atoms with Crippen LogP contribution in [0.3, 0.4) is 0 Å². The van der Waals surface area contributed by atoms with Crippen LogP contribution in [0.5, 0.6) is 11.5 Å². The monoisotopic (exact) mass is 419 g/mol. The Labute approximate surface area is 166 Å². The molecule has 3 aromatic rings. The number of benzene rings is 2. The Morgan fingerprint density at radius 2 is 1.89 bits per heavy atom. The van der Waals surface area contributed by atoms with Gasteiger partial charge in [0.05, 0.1) is 12.0 Å². The number of methoxy groups -OCH3 is 1. The smallest absolute Gasteiger partial charge is 0.263 e. The Morgan fingerprint density at radius 3 is 2.57 bits per heavy atom. The van der Waals surface area contributed by atoms with E-state index >= 15 is 0 Å². The van der Waals surface area contributed by atoms with Gasteiger partial charge in [-0.1, -0.05) is 6.07 Å². The minimum atomic E-state index is -3.73. The molecule has 2 N–H and O–H groups in total. The SMILES string of the molecule is COc1cccc(OCC(=O)Nc2ccc(S(=O)(=O)Nc3nccs3)cc2)c1. The van der Waals surface area contributed by atoms with Crippen LogP contribution in [0.4, 0.5) is 10.8 Å². The third kappa shape index (κ3) is 5.21. The molecule has 0 aliphatic rings. The van der Waals surface area contributed by atoms with Gasteiger partial charge in [-0.2, -0.15) is 0 Å². The van der Waals surface area contributed by atoms with Crippen LogP contribution in [-0.4, -0.2) is 33.0 Å². The fraction of sp³-hybridized carbons (Fsp3) is 0.111. The standard InChI is InChI=1S/C18H17N3O5S2/c1-25-14-3-2-4-15(11-14)26-12-17(22)20-13-5-7-16(8-6-13)28(23,24)21-18-19-9-10-27-18/h2-11H,12H2,1H3,(H,19,21)(H,20,22). The molecule has 1 aromatic heterocycles. The number of nitrogens with zero attached hydrogens (tertiary/aromatic N) is 1. The maximum Gasteiger partial charge on any atom is 0.263 e. The van der Waals surface area contributed by atoms with Crippen molar-refractivity contribution in [3.63, 3.8) is 0 Å². The molecule has 0 saturated carbocycles. The molecule has 0 saturated heterocycles. The van der Waals surface area contributed by atoms with E-state index in [1.807, 2.05) is 0 Å². The summed E-state index contributed by atoms with van der Waals surface area (Å²) in [6.07, 6.45) is 1.51. The van der Waals surface area contributed by atoms with E-state index in [1.54, 1.807) is 36.8 Å². The summed E-state index contributed by atoms with van der Waals surface area (Å²) in [5, 5.41) is 4.60. The van der Waals surface area contributed by atoms with Crippen molar-refractivity contribution in [2.75, 3.05) is 23.8 Å². The van der Waals surface area contributed by atoms with Crippen LogP contribution in [-0.2, 0) is 14.8 Å². The van der Waals surface area contributed by atoms with Gasteiger partial charge < -0.3 is 14.8 Å². The number of ether oxygens (including phenoxy) is 2. The normalized spacial score (nSPS) is 10.9. The van der Waals surface area contributed by atoms with Crippen molar-refractivity contribution in [2.45, 2.75) is 4.90 Å². The molecular formula is C18H17N3O5S2. The van der Waals surface area contributed by atoms with Crippen LogP contribution in [0.1, 0.15) is 0 Å². The van der Waals surface area contributed by atoms with Gasteiger partial charge in [0.2, 0.25) is 0 Å². The van der Waals surface area contributed by atoms with E-state index < -0.39 is 10.0 Å². The number of amides is 1. The van der Waals surface area contributed by atoms with Crippen LogP contribution in [0.2, 0.25) is 0 Å². The highest BCUT2D eigenvalue weighted by Gasteiger charge is 2.15. The molecular weight excluding hydrogens is 402 g/mol. The number of carbonyl (C=O) groups is 1. The zero-order valence-corrected chi connectivity index (χ0v) is 16.4. The maximum atomic E-state index is 12.3. The van der Waals surface area contributed by atoms with E-state index in [2.05, 4.69) is 15.0 Å². The van der Waals surface area contributed by atoms with Crippen LogP contribution in [0, 0.1) is 0 Å². The molecule has 0 aliphatic heterocycles.